The number of unbranched alkanes of at least 4 members (excludes halogenated alkanes) is 1. The molecule has 0 aliphatic carbocycles. The van der Waals surface area contributed by atoms with Gasteiger partial charge < -0.3 is 15.5 Å². The summed E-state index contributed by atoms with van der Waals surface area (Å²) in [6, 6.07) is 0.238. The zero-order valence-electron chi connectivity index (χ0n) is 13.6. The Kier molecular flexibility index (Phi) is 9.88. The Hall–Kier alpha value is -0.610. The predicted octanol–water partition coefficient (Wildman–Crippen LogP) is 1.86. The van der Waals surface area contributed by atoms with Crippen LogP contribution in [0, 0.1) is 5.92 Å². The number of carbonyl (C=O) groups is 1. The van der Waals surface area contributed by atoms with E-state index < -0.39 is 0 Å². The van der Waals surface area contributed by atoms with Crippen molar-refractivity contribution in [3.63, 3.8) is 0 Å². The van der Waals surface area contributed by atoms with Gasteiger partial charge in [-0.05, 0) is 39.8 Å². The van der Waals surface area contributed by atoms with Gasteiger partial charge in [0.1, 0.15) is 0 Å². The lowest BCUT2D eigenvalue weighted by molar-refractivity contribution is -0.123. The summed E-state index contributed by atoms with van der Waals surface area (Å²) in [4.78, 5) is 14.1. The Labute approximate surface area is 119 Å². The van der Waals surface area contributed by atoms with Gasteiger partial charge in [-0.25, -0.2) is 0 Å². The number of hydrogen-bond acceptors (Lipinski definition) is 3. The average Bonchev–Trinajstić information content (AvgIpc) is 2.27. The van der Waals surface area contributed by atoms with Crippen molar-refractivity contribution in [1.82, 2.24) is 15.5 Å². The predicted molar refractivity (Wildman–Crippen MR) is 82.3 cm³/mol. The highest BCUT2D eigenvalue weighted by atomic mass is 16.2. The van der Waals surface area contributed by atoms with Crippen LogP contribution in [0.25, 0.3) is 0 Å². The third kappa shape index (κ3) is 9.91. The number of rotatable bonds is 10. The fourth-order valence-corrected chi connectivity index (χ4v) is 2.18. The zero-order valence-corrected chi connectivity index (χ0v) is 13.6. The van der Waals surface area contributed by atoms with Crippen LogP contribution < -0.4 is 10.6 Å². The van der Waals surface area contributed by atoms with E-state index in [0.29, 0.717) is 12.0 Å². The van der Waals surface area contributed by atoms with E-state index in [1.54, 1.807) is 0 Å². The maximum atomic E-state index is 11.9. The van der Waals surface area contributed by atoms with Crippen molar-refractivity contribution in [3.05, 3.63) is 0 Å². The summed E-state index contributed by atoms with van der Waals surface area (Å²) in [7, 11) is 4.14. The topological polar surface area (TPSA) is 44.4 Å². The maximum Gasteiger partial charge on any atom is 0.236 e. The maximum absolute atomic E-state index is 11.9. The minimum absolute atomic E-state index is 0.112. The fraction of sp³-hybridized carbons (Fsp3) is 0.933. The van der Waals surface area contributed by atoms with Gasteiger partial charge in [-0.3, -0.25) is 4.79 Å². The van der Waals surface area contributed by atoms with E-state index in [1.807, 2.05) is 6.92 Å². The monoisotopic (exact) mass is 271 g/mol. The summed E-state index contributed by atoms with van der Waals surface area (Å²) in [5.41, 5.74) is 0. The standard InChI is InChI=1S/C15H33N3O/c1-7-8-9-16-15(19)13(4)17-14(10-12(2)3)11-18(5)6/h12-14,17H,7-11H2,1-6H3,(H,16,19). The average molecular weight is 271 g/mol. The van der Waals surface area contributed by atoms with Crippen LogP contribution in [-0.2, 0) is 4.79 Å². The minimum Gasteiger partial charge on any atom is -0.355 e. The van der Waals surface area contributed by atoms with E-state index in [2.05, 4.69) is 50.4 Å². The number of nitrogens with zero attached hydrogens (tertiary/aromatic N) is 1. The molecule has 0 spiro atoms. The van der Waals surface area contributed by atoms with Crippen molar-refractivity contribution in [2.45, 2.75) is 59.0 Å². The summed E-state index contributed by atoms with van der Waals surface area (Å²) in [5.74, 6) is 0.744. The number of likely N-dealkylation sites (N-methyl/N-ethyl adjacent to an activating group) is 1. The molecule has 0 aromatic heterocycles. The zero-order chi connectivity index (χ0) is 14.8. The van der Waals surface area contributed by atoms with Crippen molar-refractivity contribution in [1.29, 1.82) is 0 Å². The van der Waals surface area contributed by atoms with E-state index in [1.165, 1.54) is 0 Å². The SMILES string of the molecule is CCCCNC(=O)C(C)NC(CC(C)C)CN(C)C. The highest BCUT2D eigenvalue weighted by Gasteiger charge is 2.18. The van der Waals surface area contributed by atoms with Gasteiger partial charge >= 0.3 is 0 Å². The summed E-state index contributed by atoms with van der Waals surface area (Å²) in [6.07, 6.45) is 3.25. The van der Waals surface area contributed by atoms with E-state index in [4.69, 9.17) is 0 Å². The van der Waals surface area contributed by atoms with Crippen LogP contribution in [0.5, 0.6) is 0 Å². The second-order valence-corrected chi connectivity index (χ2v) is 6.12. The van der Waals surface area contributed by atoms with Gasteiger partial charge in [0.05, 0.1) is 6.04 Å². The molecule has 0 aliphatic rings. The molecule has 4 nitrogen and oxygen atoms in total. The molecule has 19 heavy (non-hydrogen) atoms. The lowest BCUT2D eigenvalue weighted by atomic mass is 10.0. The molecule has 2 N–H and O–H groups in total. The van der Waals surface area contributed by atoms with E-state index >= 15 is 0 Å². The number of nitrogens with one attached hydrogen (secondary N) is 2. The van der Waals surface area contributed by atoms with Crippen LogP contribution in [0.1, 0.15) is 47.0 Å². The van der Waals surface area contributed by atoms with Gasteiger partial charge in [-0.1, -0.05) is 27.2 Å². The number of amides is 1. The van der Waals surface area contributed by atoms with Crippen LogP contribution in [-0.4, -0.2) is 50.1 Å². The molecule has 4 heteroatoms. The highest BCUT2D eigenvalue weighted by Crippen LogP contribution is 2.06. The first-order chi connectivity index (χ1) is 8.86. The molecule has 114 valence electrons. The molecule has 0 saturated heterocycles. The van der Waals surface area contributed by atoms with Crippen LogP contribution in [0.3, 0.4) is 0 Å². The molecule has 1 amide bonds. The van der Waals surface area contributed by atoms with Gasteiger partial charge in [0.2, 0.25) is 5.91 Å². The first kappa shape index (κ1) is 18.4. The lowest BCUT2D eigenvalue weighted by Gasteiger charge is -2.27. The van der Waals surface area contributed by atoms with Gasteiger partial charge in [-0.15, -0.1) is 0 Å². The van der Waals surface area contributed by atoms with Gasteiger partial charge in [0.25, 0.3) is 0 Å². The minimum atomic E-state index is -0.124. The number of carbonyl (C=O) groups excluding carboxylic acids is 1. The van der Waals surface area contributed by atoms with E-state index in [0.717, 1.165) is 32.4 Å². The Bertz CT molecular complexity index is 232. The molecule has 0 rings (SSSR count). The molecule has 2 unspecified atom stereocenters. The van der Waals surface area contributed by atoms with Crippen molar-refractivity contribution in [2.75, 3.05) is 27.2 Å². The molecule has 2 atom stereocenters. The van der Waals surface area contributed by atoms with Gasteiger partial charge in [0, 0.05) is 19.1 Å². The van der Waals surface area contributed by atoms with Crippen LogP contribution in [0.15, 0.2) is 0 Å². The third-order valence-corrected chi connectivity index (χ3v) is 3.05. The quantitative estimate of drug-likeness (QED) is 0.596. The first-order valence-electron chi connectivity index (χ1n) is 7.55. The van der Waals surface area contributed by atoms with Crippen LogP contribution >= 0.6 is 0 Å². The van der Waals surface area contributed by atoms with Crippen molar-refractivity contribution in [3.8, 4) is 0 Å². The van der Waals surface area contributed by atoms with E-state index in [-0.39, 0.29) is 11.9 Å². The molecule has 0 aromatic rings. The Balaban J connectivity index is 4.19. The normalized spacial score (nSPS) is 14.7. The molecular formula is C15H33N3O. The Morgan fingerprint density at radius 2 is 1.84 bits per heavy atom. The molecule has 0 fully saturated rings. The van der Waals surface area contributed by atoms with E-state index in [9.17, 15) is 4.79 Å². The Morgan fingerprint density at radius 1 is 1.21 bits per heavy atom. The van der Waals surface area contributed by atoms with Crippen molar-refractivity contribution in [2.24, 2.45) is 5.92 Å². The molecule has 0 heterocycles. The molecule has 0 aliphatic heterocycles. The summed E-state index contributed by atoms with van der Waals surface area (Å²) in [6.45, 7) is 10.3. The molecule has 0 saturated carbocycles. The molecule has 0 bridgehead atoms. The van der Waals surface area contributed by atoms with Crippen molar-refractivity contribution >= 4 is 5.91 Å². The van der Waals surface area contributed by atoms with Crippen molar-refractivity contribution < 1.29 is 4.79 Å². The van der Waals surface area contributed by atoms with Gasteiger partial charge in [0.15, 0.2) is 0 Å². The van der Waals surface area contributed by atoms with Crippen LogP contribution in [0.4, 0.5) is 0 Å². The lowest BCUT2D eigenvalue weighted by Crippen LogP contribution is -2.50. The Morgan fingerprint density at radius 3 is 2.32 bits per heavy atom. The smallest absolute Gasteiger partial charge is 0.236 e. The summed E-state index contributed by atoms with van der Waals surface area (Å²) >= 11 is 0. The van der Waals surface area contributed by atoms with Crippen LogP contribution in [0.2, 0.25) is 0 Å². The number of hydrogen-bond donors (Lipinski definition) is 2. The molecule has 0 radical (unpaired) electrons. The first-order valence-corrected chi connectivity index (χ1v) is 7.55. The fourth-order valence-electron chi connectivity index (χ4n) is 2.18. The third-order valence-electron chi connectivity index (χ3n) is 3.05. The summed E-state index contributed by atoms with van der Waals surface area (Å²) in [5, 5.41) is 6.43. The second kappa shape index (κ2) is 10.2. The molecule has 0 aromatic carbocycles. The summed E-state index contributed by atoms with van der Waals surface area (Å²) < 4.78 is 0. The highest BCUT2D eigenvalue weighted by molar-refractivity contribution is 5.81. The largest absolute Gasteiger partial charge is 0.355 e. The second-order valence-electron chi connectivity index (χ2n) is 6.12. The van der Waals surface area contributed by atoms with Gasteiger partial charge in [-0.2, -0.15) is 0 Å². The molecular weight excluding hydrogens is 238 g/mol.